The van der Waals surface area contributed by atoms with Gasteiger partial charge in [0.05, 0.1) is 13.0 Å². The molecule has 1 aromatic carbocycles. The fourth-order valence-electron chi connectivity index (χ4n) is 1.74. The molecule has 94 valence electrons. The van der Waals surface area contributed by atoms with Gasteiger partial charge in [-0.3, -0.25) is 4.79 Å². The van der Waals surface area contributed by atoms with Crippen molar-refractivity contribution >= 4 is 5.78 Å². The summed E-state index contributed by atoms with van der Waals surface area (Å²) < 4.78 is 10.8. The van der Waals surface area contributed by atoms with E-state index in [1.54, 1.807) is 13.2 Å². The molecule has 0 bridgehead atoms. The van der Waals surface area contributed by atoms with E-state index in [9.17, 15) is 4.79 Å². The molecule has 1 atom stereocenters. The summed E-state index contributed by atoms with van der Waals surface area (Å²) in [4.78, 5) is 11.7. The van der Waals surface area contributed by atoms with Gasteiger partial charge in [-0.15, -0.1) is 0 Å². The SMILES string of the molecule is COC1=CC(=O)C(C)C(OCc2ccccc2)=C1. The van der Waals surface area contributed by atoms with Crippen molar-refractivity contribution in [2.75, 3.05) is 7.11 Å². The molecule has 0 aromatic heterocycles. The number of rotatable bonds is 4. The van der Waals surface area contributed by atoms with Crippen molar-refractivity contribution in [3.05, 3.63) is 59.6 Å². The Morgan fingerprint density at radius 3 is 2.56 bits per heavy atom. The monoisotopic (exact) mass is 244 g/mol. The summed E-state index contributed by atoms with van der Waals surface area (Å²) in [6.45, 7) is 2.30. The van der Waals surface area contributed by atoms with Crippen molar-refractivity contribution < 1.29 is 14.3 Å². The van der Waals surface area contributed by atoms with Crippen LogP contribution in [0.15, 0.2) is 54.0 Å². The van der Waals surface area contributed by atoms with Gasteiger partial charge in [0.2, 0.25) is 0 Å². The molecule has 0 amide bonds. The second kappa shape index (κ2) is 5.54. The summed E-state index contributed by atoms with van der Waals surface area (Å²) in [5.41, 5.74) is 1.08. The first kappa shape index (κ1) is 12.4. The van der Waals surface area contributed by atoms with Gasteiger partial charge >= 0.3 is 0 Å². The molecular formula is C15H16O3. The van der Waals surface area contributed by atoms with Crippen LogP contribution in [0, 0.1) is 5.92 Å². The zero-order valence-corrected chi connectivity index (χ0v) is 10.6. The molecule has 18 heavy (non-hydrogen) atoms. The molecule has 1 unspecified atom stereocenters. The lowest BCUT2D eigenvalue weighted by Crippen LogP contribution is -2.18. The van der Waals surface area contributed by atoms with E-state index >= 15 is 0 Å². The lowest BCUT2D eigenvalue weighted by Gasteiger charge is -2.19. The molecular weight excluding hydrogens is 228 g/mol. The molecule has 1 aromatic rings. The number of carbonyl (C=O) groups excluding carboxylic acids is 1. The van der Waals surface area contributed by atoms with Crippen LogP contribution in [-0.2, 0) is 20.9 Å². The second-order valence-corrected chi connectivity index (χ2v) is 4.20. The normalized spacial score (nSPS) is 19.0. The minimum absolute atomic E-state index is 0.0115. The van der Waals surface area contributed by atoms with Crippen LogP contribution in [0.5, 0.6) is 0 Å². The molecule has 0 aliphatic heterocycles. The Kier molecular flexibility index (Phi) is 3.82. The highest BCUT2D eigenvalue weighted by Crippen LogP contribution is 2.23. The summed E-state index contributed by atoms with van der Waals surface area (Å²) in [5, 5.41) is 0. The van der Waals surface area contributed by atoms with Gasteiger partial charge in [0.25, 0.3) is 0 Å². The fraction of sp³-hybridized carbons (Fsp3) is 0.267. The van der Waals surface area contributed by atoms with Gasteiger partial charge in [-0.05, 0) is 12.5 Å². The first-order chi connectivity index (χ1) is 8.70. The van der Waals surface area contributed by atoms with E-state index in [1.807, 2.05) is 37.3 Å². The van der Waals surface area contributed by atoms with Gasteiger partial charge in [-0.25, -0.2) is 0 Å². The lowest BCUT2D eigenvalue weighted by molar-refractivity contribution is -0.118. The van der Waals surface area contributed by atoms with Crippen molar-refractivity contribution in [1.82, 2.24) is 0 Å². The summed E-state index contributed by atoms with van der Waals surface area (Å²) >= 11 is 0. The third-order valence-corrected chi connectivity index (χ3v) is 2.91. The zero-order chi connectivity index (χ0) is 13.0. The average Bonchev–Trinajstić information content (AvgIpc) is 2.41. The molecule has 2 rings (SSSR count). The van der Waals surface area contributed by atoms with Crippen molar-refractivity contribution in [3.8, 4) is 0 Å². The number of ether oxygens (including phenoxy) is 2. The van der Waals surface area contributed by atoms with Gasteiger partial charge in [0.15, 0.2) is 5.78 Å². The van der Waals surface area contributed by atoms with Crippen LogP contribution in [-0.4, -0.2) is 12.9 Å². The highest BCUT2D eigenvalue weighted by molar-refractivity contribution is 5.95. The van der Waals surface area contributed by atoms with Crippen LogP contribution in [0.3, 0.4) is 0 Å². The Morgan fingerprint density at radius 1 is 1.17 bits per heavy atom. The van der Waals surface area contributed by atoms with Crippen molar-refractivity contribution in [3.63, 3.8) is 0 Å². The van der Waals surface area contributed by atoms with E-state index in [1.165, 1.54) is 6.08 Å². The second-order valence-electron chi connectivity index (χ2n) is 4.20. The first-order valence-electron chi connectivity index (χ1n) is 5.88. The molecule has 0 radical (unpaired) electrons. The summed E-state index contributed by atoms with van der Waals surface area (Å²) in [6.07, 6.45) is 3.27. The predicted octanol–water partition coefficient (Wildman–Crippen LogP) is 2.84. The van der Waals surface area contributed by atoms with Crippen LogP contribution in [0.4, 0.5) is 0 Å². The quantitative estimate of drug-likeness (QED) is 0.817. The van der Waals surface area contributed by atoms with Gasteiger partial charge in [0, 0.05) is 12.2 Å². The Balaban J connectivity index is 2.06. The van der Waals surface area contributed by atoms with Crippen LogP contribution in [0.1, 0.15) is 12.5 Å². The molecule has 3 nitrogen and oxygen atoms in total. The Morgan fingerprint density at radius 2 is 1.89 bits per heavy atom. The first-order valence-corrected chi connectivity index (χ1v) is 5.88. The number of allylic oxidation sites excluding steroid dienone is 3. The highest BCUT2D eigenvalue weighted by atomic mass is 16.5. The van der Waals surface area contributed by atoms with Gasteiger partial charge < -0.3 is 9.47 Å². The molecule has 0 saturated heterocycles. The number of hydrogen-bond donors (Lipinski definition) is 0. The minimum Gasteiger partial charge on any atom is -0.497 e. The van der Waals surface area contributed by atoms with Crippen LogP contribution in [0.2, 0.25) is 0 Å². The van der Waals surface area contributed by atoms with Gasteiger partial charge in [-0.2, -0.15) is 0 Å². The number of ketones is 1. The highest BCUT2D eigenvalue weighted by Gasteiger charge is 2.23. The average molecular weight is 244 g/mol. The maximum atomic E-state index is 11.7. The Labute approximate surface area is 107 Å². The van der Waals surface area contributed by atoms with Crippen molar-refractivity contribution in [2.24, 2.45) is 5.92 Å². The summed E-state index contributed by atoms with van der Waals surface area (Å²) in [6, 6.07) is 9.86. The molecule has 1 aliphatic rings. The Hall–Kier alpha value is -2.03. The lowest BCUT2D eigenvalue weighted by atomic mass is 9.98. The fourth-order valence-corrected chi connectivity index (χ4v) is 1.74. The van der Waals surface area contributed by atoms with Crippen molar-refractivity contribution in [1.29, 1.82) is 0 Å². The van der Waals surface area contributed by atoms with Gasteiger partial charge in [0.1, 0.15) is 18.1 Å². The standard InChI is InChI=1S/C15H16O3/c1-11-14(16)8-13(17-2)9-15(11)18-10-12-6-4-3-5-7-12/h3-9,11H,10H2,1-2H3. The molecule has 1 aliphatic carbocycles. The van der Waals surface area contributed by atoms with E-state index < -0.39 is 0 Å². The van der Waals surface area contributed by atoms with E-state index in [-0.39, 0.29) is 11.7 Å². The van der Waals surface area contributed by atoms with Crippen LogP contribution in [0.25, 0.3) is 0 Å². The largest absolute Gasteiger partial charge is 0.497 e. The smallest absolute Gasteiger partial charge is 0.169 e. The summed E-state index contributed by atoms with van der Waals surface area (Å²) in [7, 11) is 1.54. The molecule has 0 fully saturated rings. The number of carbonyl (C=O) groups is 1. The van der Waals surface area contributed by atoms with Crippen LogP contribution < -0.4 is 0 Å². The van der Waals surface area contributed by atoms with E-state index in [2.05, 4.69) is 0 Å². The Bertz CT molecular complexity index is 486. The number of benzene rings is 1. The minimum atomic E-state index is -0.243. The van der Waals surface area contributed by atoms with E-state index in [0.717, 1.165) is 5.56 Å². The molecule has 3 heteroatoms. The van der Waals surface area contributed by atoms with Gasteiger partial charge in [-0.1, -0.05) is 30.3 Å². The topological polar surface area (TPSA) is 35.5 Å². The number of hydrogen-bond acceptors (Lipinski definition) is 3. The third-order valence-electron chi connectivity index (χ3n) is 2.91. The van der Waals surface area contributed by atoms with E-state index in [4.69, 9.17) is 9.47 Å². The van der Waals surface area contributed by atoms with E-state index in [0.29, 0.717) is 18.1 Å². The molecule has 0 saturated carbocycles. The molecule has 0 spiro atoms. The zero-order valence-electron chi connectivity index (χ0n) is 10.6. The molecule has 0 N–H and O–H groups in total. The molecule has 0 heterocycles. The van der Waals surface area contributed by atoms with Crippen LogP contribution >= 0.6 is 0 Å². The predicted molar refractivity (Wildman–Crippen MR) is 68.6 cm³/mol. The van der Waals surface area contributed by atoms with Crippen molar-refractivity contribution in [2.45, 2.75) is 13.5 Å². The summed E-state index contributed by atoms with van der Waals surface area (Å²) in [5.74, 6) is 0.967. The number of methoxy groups -OCH3 is 1. The maximum absolute atomic E-state index is 11.7. The third kappa shape index (κ3) is 2.80. The maximum Gasteiger partial charge on any atom is 0.169 e.